The molecule has 176 valence electrons. The molecule has 1 saturated heterocycles. The third-order valence-corrected chi connectivity index (χ3v) is 6.03. The van der Waals surface area contributed by atoms with Crippen molar-refractivity contribution in [3.8, 4) is 0 Å². The summed E-state index contributed by atoms with van der Waals surface area (Å²) in [6.45, 7) is 7.36. The molecule has 1 heterocycles. The van der Waals surface area contributed by atoms with E-state index in [0.29, 0.717) is 62.0 Å². The van der Waals surface area contributed by atoms with Crippen molar-refractivity contribution in [2.75, 3.05) is 44.2 Å². The van der Waals surface area contributed by atoms with E-state index in [1.807, 2.05) is 36.9 Å². The number of nitrogens with zero attached hydrogens (tertiary/aromatic N) is 3. The molecule has 0 atom stereocenters. The number of aryl methyl sites for hydroxylation is 1. The van der Waals surface area contributed by atoms with Crippen molar-refractivity contribution in [3.63, 3.8) is 0 Å². The topological polar surface area (TPSA) is 94.1 Å². The molecule has 1 aliphatic rings. The molecule has 2 aromatic carbocycles. The minimum Gasteiger partial charge on any atom is -0.368 e. The van der Waals surface area contributed by atoms with Gasteiger partial charge in [0.2, 0.25) is 0 Å². The fraction of sp³-hybridized carbons (Fsp3) is 0.417. The minimum atomic E-state index is -0.270. The maximum atomic E-state index is 12.6. The lowest BCUT2D eigenvalue weighted by molar-refractivity contribution is 0.0954. The largest absolute Gasteiger partial charge is 0.368 e. The van der Waals surface area contributed by atoms with Crippen LogP contribution in [0.15, 0.2) is 41.6 Å². The smallest absolute Gasteiger partial charge is 0.317 e. The minimum absolute atomic E-state index is 0.0768. The number of rotatable bonds is 7. The molecule has 0 saturated carbocycles. The van der Waals surface area contributed by atoms with Gasteiger partial charge in [0, 0.05) is 49.9 Å². The van der Waals surface area contributed by atoms with Gasteiger partial charge in [-0.25, -0.2) is 4.79 Å². The number of nitroso groups, excluding NO2 is 1. The fourth-order valence-electron chi connectivity index (χ4n) is 3.90. The van der Waals surface area contributed by atoms with E-state index in [2.05, 4.69) is 15.8 Å². The number of hydrogen-bond donors (Lipinski definition) is 2. The normalized spacial score (nSPS) is 13.9. The molecule has 3 amide bonds. The number of halogens is 1. The molecule has 2 aromatic rings. The van der Waals surface area contributed by atoms with E-state index < -0.39 is 0 Å². The molecular formula is C24H30ClN5O3. The van der Waals surface area contributed by atoms with Crippen LogP contribution in [0.25, 0.3) is 0 Å². The van der Waals surface area contributed by atoms with Gasteiger partial charge < -0.3 is 20.4 Å². The highest BCUT2D eigenvalue weighted by atomic mass is 35.5. The maximum Gasteiger partial charge on any atom is 0.317 e. The van der Waals surface area contributed by atoms with E-state index in [0.717, 1.165) is 17.5 Å². The monoisotopic (exact) mass is 471 g/mol. The number of carbonyl (C=O) groups excluding carboxylic acids is 2. The summed E-state index contributed by atoms with van der Waals surface area (Å²) >= 11 is 6.26. The van der Waals surface area contributed by atoms with Crippen molar-refractivity contribution in [2.24, 2.45) is 5.18 Å². The van der Waals surface area contributed by atoms with Gasteiger partial charge in [0.05, 0.1) is 5.69 Å². The Bertz CT molecular complexity index is 1010. The van der Waals surface area contributed by atoms with Gasteiger partial charge in [-0.1, -0.05) is 23.7 Å². The van der Waals surface area contributed by atoms with Crippen LogP contribution in [-0.2, 0) is 6.42 Å². The summed E-state index contributed by atoms with van der Waals surface area (Å²) in [6.07, 6.45) is 1.39. The van der Waals surface area contributed by atoms with Crippen LogP contribution in [0.2, 0.25) is 5.02 Å². The molecule has 0 unspecified atom stereocenters. The highest BCUT2D eigenvalue weighted by Gasteiger charge is 2.21. The Hall–Kier alpha value is -3.13. The van der Waals surface area contributed by atoms with Crippen LogP contribution in [0.5, 0.6) is 0 Å². The van der Waals surface area contributed by atoms with E-state index in [1.165, 1.54) is 6.07 Å². The van der Waals surface area contributed by atoms with Crippen molar-refractivity contribution >= 4 is 34.9 Å². The number of benzene rings is 2. The van der Waals surface area contributed by atoms with Gasteiger partial charge >= 0.3 is 6.03 Å². The number of nitrogens with one attached hydrogen (secondary N) is 2. The van der Waals surface area contributed by atoms with Crippen LogP contribution in [-0.4, -0.2) is 56.1 Å². The first kappa shape index (κ1) is 24.5. The summed E-state index contributed by atoms with van der Waals surface area (Å²) in [4.78, 5) is 40.1. The zero-order valence-corrected chi connectivity index (χ0v) is 19.8. The Morgan fingerprint density at radius 1 is 1.06 bits per heavy atom. The molecule has 1 aliphatic heterocycles. The van der Waals surface area contributed by atoms with E-state index in [1.54, 1.807) is 17.0 Å². The number of amides is 3. The van der Waals surface area contributed by atoms with Crippen LogP contribution in [0.3, 0.4) is 0 Å². The molecule has 0 aromatic heterocycles. The van der Waals surface area contributed by atoms with Gasteiger partial charge in [-0.2, -0.15) is 0 Å². The Balaban J connectivity index is 1.62. The molecule has 0 radical (unpaired) electrons. The Kier molecular flexibility index (Phi) is 8.65. The molecule has 33 heavy (non-hydrogen) atoms. The molecule has 1 fully saturated rings. The van der Waals surface area contributed by atoms with Crippen LogP contribution in [0, 0.1) is 11.8 Å². The van der Waals surface area contributed by atoms with E-state index in [9.17, 15) is 14.5 Å². The SMILES string of the molecule is CCNC(=O)N1CCCN(c2ccc(C(=O)NCCc3ccc(C)cc3Cl)cc2N=O)CC1. The molecule has 0 spiro atoms. The van der Waals surface area contributed by atoms with Crippen molar-refractivity contribution in [3.05, 3.63) is 63.0 Å². The summed E-state index contributed by atoms with van der Waals surface area (Å²) in [5.74, 6) is -0.270. The van der Waals surface area contributed by atoms with Crippen molar-refractivity contribution in [1.82, 2.24) is 15.5 Å². The average Bonchev–Trinajstić information content (AvgIpc) is 3.06. The Labute approximate surface area is 199 Å². The van der Waals surface area contributed by atoms with Crippen LogP contribution in [0.4, 0.5) is 16.2 Å². The molecule has 9 heteroatoms. The summed E-state index contributed by atoms with van der Waals surface area (Å²) in [5.41, 5.74) is 3.32. The molecule has 0 aliphatic carbocycles. The zero-order chi connectivity index (χ0) is 23.8. The highest BCUT2D eigenvalue weighted by molar-refractivity contribution is 6.31. The summed E-state index contributed by atoms with van der Waals surface area (Å²) in [5, 5.41) is 9.55. The van der Waals surface area contributed by atoms with Crippen molar-refractivity contribution < 1.29 is 9.59 Å². The van der Waals surface area contributed by atoms with Gasteiger partial charge in [0.15, 0.2) is 0 Å². The summed E-state index contributed by atoms with van der Waals surface area (Å²) < 4.78 is 0. The molecule has 2 N–H and O–H groups in total. The van der Waals surface area contributed by atoms with Crippen LogP contribution < -0.4 is 15.5 Å². The van der Waals surface area contributed by atoms with Gasteiger partial charge in [-0.3, -0.25) is 4.79 Å². The average molecular weight is 472 g/mol. The predicted molar refractivity (Wildman–Crippen MR) is 132 cm³/mol. The second-order valence-electron chi connectivity index (χ2n) is 8.06. The lowest BCUT2D eigenvalue weighted by Crippen LogP contribution is -2.41. The predicted octanol–water partition coefficient (Wildman–Crippen LogP) is 4.26. The first-order valence-electron chi connectivity index (χ1n) is 11.2. The fourth-order valence-corrected chi connectivity index (χ4v) is 4.23. The highest BCUT2D eigenvalue weighted by Crippen LogP contribution is 2.30. The quantitative estimate of drug-likeness (QED) is 0.590. The Morgan fingerprint density at radius 3 is 2.61 bits per heavy atom. The molecule has 0 bridgehead atoms. The Morgan fingerprint density at radius 2 is 1.88 bits per heavy atom. The number of hydrogen-bond acceptors (Lipinski definition) is 5. The first-order valence-corrected chi connectivity index (χ1v) is 11.6. The van der Waals surface area contributed by atoms with Gasteiger partial charge in [0.1, 0.15) is 5.69 Å². The van der Waals surface area contributed by atoms with E-state index in [4.69, 9.17) is 11.6 Å². The van der Waals surface area contributed by atoms with Gasteiger partial charge in [-0.05, 0) is 67.3 Å². The lowest BCUT2D eigenvalue weighted by Gasteiger charge is -2.24. The van der Waals surface area contributed by atoms with Crippen molar-refractivity contribution in [2.45, 2.75) is 26.7 Å². The van der Waals surface area contributed by atoms with E-state index in [-0.39, 0.29) is 17.6 Å². The van der Waals surface area contributed by atoms with Crippen LogP contribution in [0.1, 0.15) is 34.8 Å². The molecule has 8 nitrogen and oxygen atoms in total. The zero-order valence-electron chi connectivity index (χ0n) is 19.1. The number of urea groups is 1. The lowest BCUT2D eigenvalue weighted by atomic mass is 10.1. The number of carbonyl (C=O) groups is 2. The molecule has 3 rings (SSSR count). The standard InChI is InChI=1S/C24H30ClN5O3/c1-3-26-24(32)30-12-4-11-29(13-14-30)22-8-7-19(16-21(22)28-33)23(31)27-10-9-18-6-5-17(2)15-20(18)25/h5-8,15-16H,3-4,9-14H2,1-2H3,(H,26,32)(H,27,31). The summed E-state index contributed by atoms with van der Waals surface area (Å²) in [6, 6.07) is 10.7. The van der Waals surface area contributed by atoms with Gasteiger partial charge in [-0.15, -0.1) is 4.91 Å². The summed E-state index contributed by atoms with van der Waals surface area (Å²) in [7, 11) is 0. The first-order chi connectivity index (χ1) is 15.9. The third-order valence-electron chi connectivity index (χ3n) is 5.68. The second kappa shape index (κ2) is 11.7. The van der Waals surface area contributed by atoms with Crippen molar-refractivity contribution in [1.29, 1.82) is 0 Å². The van der Waals surface area contributed by atoms with Gasteiger partial charge in [0.25, 0.3) is 5.91 Å². The van der Waals surface area contributed by atoms with Crippen LogP contribution >= 0.6 is 11.6 Å². The second-order valence-corrected chi connectivity index (χ2v) is 8.47. The van der Waals surface area contributed by atoms with E-state index >= 15 is 0 Å². The molecular weight excluding hydrogens is 442 g/mol. The number of anilines is 1. The maximum absolute atomic E-state index is 12.6. The third kappa shape index (κ3) is 6.44.